The summed E-state index contributed by atoms with van der Waals surface area (Å²) in [6.45, 7) is 8.87. The number of aliphatic imine (C=N–C) groups is 1. The Morgan fingerprint density at radius 2 is 1.89 bits per heavy atom. The summed E-state index contributed by atoms with van der Waals surface area (Å²) in [4.78, 5) is 16.0. The molecule has 2 aromatic rings. The molecule has 3 N–H and O–H groups in total. The summed E-state index contributed by atoms with van der Waals surface area (Å²) >= 11 is 0. The predicted molar refractivity (Wildman–Crippen MR) is 114 cm³/mol. The topological polar surface area (TPSA) is 83.3 Å². The molecule has 7 nitrogen and oxygen atoms in total. The Hall–Kier alpha value is -2.83. The van der Waals surface area contributed by atoms with Crippen LogP contribution in [0.25, 0.3) is 5.69 Å². The van der Waals surface area contributed by atoms with Crippen molar-refractivity contribution < 1.29 is 4.79 Å². The van der Waals surface area contributed by atoms with Crippen LogP contribution in [-0.4, -0.2) is 47.3 Å². The van der Waals surface area contributed by atoms with Gasteiger partial charge in [0, 0.05) is 25.3 Å². The van der Waals surface area contributed by atoms with Crippen molar-refractivity contribution in [3.05, 3.63) is 47.8 Å². The Kier molecular flexibility index (Phi) is 7.61. The standard InChI is InChI=1S/C21H32N6O/c1-16-17(15-27(26-16)18-11-7-6-8-12-18)10-9-13-23-20(22-5)24-14-19(28)25-21(2,3)4/h6-8,11-12,15H,9-10,13-14H2,1-5H3,(H,25,28)(H2,22,23,24). The highest BCUT2D eigenvalue weighted by Crippen LogP contribution is 2.13. The molecular weight excluding hydrogens is 352 g/mol. The second kappa shape index (κ2) is 9.92. The summed E-state index contributed by atoms with van der Waals surface area (Å²) in [5.74, 6) is 0.570. The highest BCUT2D eigenvalue weighted by Gasteiger charge is 2.13. The molecule has 152 valence electrons. The van der Waals surface area contributed by atoms with Gasteiger partial charge in [0.05, 0.1) is 17.9 Å². The molecule has 0 radical (unpaired) electrons. The third-order valence-corrected chi connectivity index (χ3v) is 4.09. The number of carbonyl (C=O) groups is 1. The molecule has 2 rings (SSSR count). The van der Waals surface area contributed by atoms with Gasteiger partial charge in [-0.05, 0) is 58.2 Å². The SMILES string of the molecule is CN=C(NCCCc1cn(-c2ccccc2)nc1C)NCC(=O)NC(C)(C)C. The van der Waals surface area contributed by atoms with E-state index < -0.39 is 0 Å². The molecule has 1 amide bonds. The van der Waals surface area contributed by atoms with Gasteiger partial charge in [-0.1, -0.05) is 18.2 Å². The van der Waals surface area contributed by atoms with Crippen molar-refractivity contribution >= 4 is 11.9 Å². The number of aryl methyl sites for hydroxylation is 2. The number of guanidine groups is 1. The first-order valence-corrected chi connectivity index (χ1v) is 9.64. The number of para-hydroxylation sites is 1. The number of aromatic nitrogens is 2. The van der Waals surface area contributed by atoms with Crippen molar-refractivity contribution in [2.24, 2.45) is 4.99 Å². The minimum Gasteiger partial charge on any atom is -0.356 e. The first kappa shape index (κ1) is 21.5. The van der Waals surface area contributed by atoms with Crippen LogP contribution in [0.4, 0.5) is 0 Å². The van der Waals surface area contributed by atoms with Gasteiger partial charge in [0.1, 0.15) is 0 Å². The van der Waals surface area contributed by atoms with Crippen LogP contribution in [0.1, 0.15) is 38.4 Å². The first-order valence-electron chi connectivity index (χ1n) is 9.64. The number of nitrogens with zero attached hydrogens (tertiary/aromatic N) is 3. The lowest BCUT2D eigenvalue weighted by Crippen LogP contribution is -2.48. The van der Waals surface area contributed by atoms with Crippen molar-refractivity contribution in [3.63, 3.8) is 0 Å². The number of amides is 1. The van der Waals surface area contributed by atoms with E-state index in [1.165, 1.54) is 5.56 Å². The van der Waals surface area contributed by atoms with Gasteiger partial charge in [0.15, 0.2) is 5.96 Å². The molecule has 1 aromatic carbocycles. The molecule has 28 heavy (non-hydrogen) atoms. The van der Waals surface area contributed by atoms with E-state index in [1.54, 1.807) is 7.05 Å². The molecule has 0 saturated heterocycles. The third-order valence-electron chi connectivity index (χ3n) is 4.09. The Morgan fingerprint density at radius 1 is 1.18 bits per heavy atom. The minimum absolute atomic E-state index is 0.0561. The number of hydrogen-bond donors (Lipinski definition) is 3. The molecule has 0 fully saturated rings. The van der Waals surface area contributed by atoms with Gasteiger partial charge in [0.25, 0.3) is 0 Å². The van der Waals surface area contributed by atoms with Crippen LogP contribution in [0.15, 0.2) is 41.5 Å². The fourth-order valence-electron chi connectivity index (χ4n) is 2.79. The first-order chi connectivity index (χ1) is 13.3. The molecule has 0 bridgehead atoms. The molecule has 1 aromatic heterocycles. The summed E-state index contributed by atoms with van der Waals surface area (Å²) in [6, 6.07) is 10.1. The lowest BCUT2D eigenvalue weighted by atomic mass is 10.1. The molecule has 0 aliphatic rings. The molecule has 0 unspecified atom stereocenters. The molecule has 0 aliphatic heterocycles. The van der Waals surface area contributed by atoms with Crippen molar-refractivity contribution in [2.75, 3.05) is 20.1 Å². The van der Waals surface area contributed by atoms with Crippen molar-refractivity contribution in [1.82, 2.24) is 25.7 Å². The lowest BCUT2D eigenvalue weighted by molar-refractivity contribution is -0.121. The fourth-order valence-corrected chi connectivity index (χ4v) is 2.79. The highest BCUT2D eigenvalue weighted by molar-refractivity contribution is 5.86. The van der Waals surface area contributed by atoms with Gasteiger partial charge in [-0.15, -0.1) is 0 Å². The molecule has 0 aliphatic carbocycles. The Balaban J connectivity index is 1.76. The summed E-state index contributed by atoms with van der Waals surface area (Å²) in [5.41, 5.74) is 3.11. The van der Waals surface area contributed by atoms with E-state index in [4.69, 9.17) is 0 Å². The smallest absolute Gasteiger partial charge is 0.239 e. The van der Waals surface area contributed by atoms with Crippen LogP contribution in [0.3, 0.4) is 0 Å². The van der Waals surface area contributed by atoms with Crippen LogP contribution >= 0.6 is 0 Å². The Labute approximate surface area is 167 Å². The van der Waals surface area contributed by atoms with Crippen molar-refractivity contribution in [3.8, 4) is 5.69 Å². The number of benzene rings is 1. The van der Waals surface area contributed by atoms with Gasteiger partial charge in [-0.25, -0.2) is 4.68 Å². The maximum absolute atomic E-state index is 11.9. The second-order valence-electron chi connectivity index (χ2n) is 7.77. The van der Waals surface area contributed by atoms with E-state index in [1.807, 2.05) is 62.7 Å². The normalized spacial score (nSPS) is 12.0. The average molecular weight is 385 g/mol. The van der Waals surface area contributed by atoms with Gasteiger partial charge in [-0.2, -0.15) is 5.10 Å². The fraction of sp³-hybridized carbons (Fsp3) is 0.476. The maximum atomic E-state index is 11.9. The summed E-state index contributed by atoms with van der Waals surface area (Å²) in [5, 5.41) is 13.8. The van der Waals surface area contributed by atoms with E-state index in [0.717, 1.165) is 30.8 Å². The Morgan fingerprint density at radius 3 is 2.54 bits per heavy atom. The van der Waals surface area contributed by atoms with E-state index in [0.29, 0.717) is 5.96 Å². The van der Waals surface area contributed by atoms with Crippen molar-refractivity contribution in [1.29, 1.82) is 0 Å². The summed E-state index contributed by atoms with van der Waals surface area (Å²) in [7, 11) is 1.70. The van der Waals surface area contributed by atoms with Gasteiger partial charge >= 0.3 is 0 Å². The lowest BCUT2D eigenvalue weighted by Gasteiger charge is -2.21. The van der Waals surface area contributed by atoms with Gasteiger partial charge < -0.3 is 16.0 Å². The van der Waals surface area contributed by atoms with E-state index in [9.17, 15) is 4.79 Å². The zero-order chi connectivity index (χ0) is 20.6. The van der Waals surface area contributed by atoms with Crippen LogP contribution < -0.4 is 16.0 Å². The number of rotatable bonds is 7. The zero-order valence-corrected chi connectivity index (χ0v) is 17.5. The second-order valence-corrected chi connectivity index (χ2v) is 7.77. The average Bonchev–Trinajstić information content (AvgIpc) is 3.01. The van der Waals surface area contributed by atoms with E-state index in [-0.39, 0.29) is 18.0 Å². The minimum atomic E-state index is -0.238. The monoisotopic (exact) mass is 384 g/mol. The third kappa shape index (κ3) is 7.06. The summed E-state index contributed by atoms with van der Waals surface area (Å²) in [6.07, 6.45) is 3.96. The molecule has 7 heteroatoms. The van der Waals surface area contributed by atoms with Crippen LogP contribution in [0.2, 0.25) is 0 Å². The molecule has 0 spiro atoms. The number of nitrogens with one attached hydrogen (secondary N) is 3. The maximum Gasteiger partial charge on any atom is 0.239 e. The summed E-state index contributed by atoms with van der Waals surface area (Å²) < 4.78 is 1.92. The van der Waals surface area contributed by atoms with Crippen molar-refractivity contribution in [2.45, 2.75) is 46.1 Å². The number of hydrogen-bond acceptors (Lipinski definition) is 3. The highest BCUT2D eigenvalue weighted by atomic mass is 16.2. The number of carbonyl (C=O) groups excluding carboxylic acids is 1. The van der Waals surface area contributed by atoms with Gasteiger partial charge in [0.2, 0.25) is 5.91 Å². The zero-order valence-electron chi connectivity index (χ0n) is 17.5. The largest absolute Gasteiger partial charge is 0.356 e. The molecule has 0 saturated carbocycles. The molecular formula is C21H32N6O. The van der Waals surface area contributed by atoms with Crippen LogP contribution in [-0.2, 0) is 11.2 Å². The van der Waals surface area contributed by atoms with Gasteiger partial charge in [-0.3, -0.25) is 9.79 Å². The predicted octanol–water partition coefficient (Wildman–Crippen LogP) is 2.19. The molecule has 1 heterocycles. The van der Waals surface area contributed by atoms with E-state index >= 15 is 0 Å². The van der Waals surface area contributed by atoms with E-state index in [2.05, 4.69) is 32.2 Å². The quantitative estimate of drug-likeness (QED) is 0.388. The molecule has 0 atom stereocenters. The Bertz CT molecular complexity index is 789. The van der Waals surface area contributed by atoms with Crippen LogP contribution in [0, 0.1) is 6.92 Å². The van der Waals surface area contributed by atoms with Crippen LogP contribution in [0.5, 0.6) is 0 Å².